The van der Waals surface area contributed by atoms with Gasteiger partial charge in [0.2, 0.25) is 5.82 Å². The summed E-state index contributed by atoms with van der Waals surface area (Å²) >= 11 is 0. The number of pyridine rings is 1. The number of aromatic nitrogens is 3. The van der Waals surface area contributed by atoms with Gasteiger partial charge in [0.15, 0.2) is 0 Å². The molecule has 1 fully saturated rings. The summed E-state index contributed by atoms with van der Waals surface area (Å²) in [5.41, 5.74) is 3.87. The number of ether oxygens (including phenoxy) is 1. The van der Waals surface area contributed by atoms with Crippen LogP contribution in [0.5, 0.6) is 5.75 Å². The summed E-state index contributed by atoms with van der Waals surface area (Å²) in [5.74, 6) is 1.04. The average Bonchev–Trinajstić information content (AvgIpc) is 3.24. The predicted molar refractivity (Wildman–Crippen MR) is 111 cm³/mol. The van der Waals surface area contributed by atoms with Gasteiger partial charge in [-0.3, -0.25) is 5.32 Å². The zero-order valence-corrected chi connectivity index (χ0v) is 16.5. The molecule has 0 spiro atoms. The summed E-state index contributed by atoms with van der Waals surface area (Å²) in [5, 5.41) is 24.8. The molecule has 0 amide bonds. The summed E-state index contributed by atoms with van der Waals surface area (Å²) in [6.45, 7) is 3.53. The highest BCUT2D eigenvalue weighted by atomic mass is 16.5. The first-order valence-electron chi connectivity index (χ1n) is 10.0. The van der Waals surface area contributed by atoms with E-state index in [1.54, 1.807) is 29.1 Å². The van der Waals surface area contributed by atoms with Crippen molar-refractivity contribution in [1.82, 2.24) is 14.8 Å². The normalized spacial score (nSPS) is 14.8. The number of benzene rings is 1. The van der Waals surface area contributed by atoms with E-state index in [1.807, 2.05) is 31.2 Å². The molecule has 0 unspecified atom stereocenters. The van der Waals surface area contributed by atoms with E-state index in [2.05, 4.69) is 10.4 Å². The lowest BCUT2D eigenvalue weighted by molar-refractivity contribution is -0.619. The van der Waals surface area contributed by atoms with Crippen molar-refractivity contribution in [3.05, 3.63) is 54.2 Å². The van der Waals surface area contributed by atoms with Gasteiger partial charge in [0.05, 0.1) is 48.1 Å². The highest BCUT2D eigenvalue weighted by Gasteiger charge is 2.22. The molecule has 7 heteroatoms. The molecular formula is C22H26N5O2+. The molecule has 1 aliphatic heterocycles. The first kappa shape index (κ1) is 19.3. The molecule has 4 rings (SSSR count). The zero-order chi connectivity index (χ0) is 20.2. The minimum absolute atomic E-state index is 0.192. The van der Waals surface area contributed by atoms with Gasteiger partial charge in [0, 0.05) is 24.6 Å². The standard InChI is InChI=1S/C22H25N5O2/c1-2-19(23)18-6-7-20(26-22(18)25-15-9-12-29-13-10-15)21-8-11-24-27(21)16-4-3-5-17(28)14-16/h3-8,11,14-15,23,28H,2,9-10,12-13H2,1H3,(H,25,26)/p+1. The van der Waals surface area contributed by atoms with Crippen LogP contribution >= 0.6 is 0 Å². The number of nitrogens with zero attached hydrogens (tertiary/aromatic N) is 3. The third kappa shape index (κ3) is 4.21. The summed E-state index contributed by atoms with van der Waals surface area (Å²) in [6, 6.07) is 13.2. The zero-order valence-electron chi connectivity index (χ0n) is 16.5. The number of phenols is 1. The minimum Gasteiger partial charge on any atom is -0.508 e. The van der Waals surface area contributed by atoms with Crippen molar-refractivity contribution in [2.24, 2.45) is 0 Å². The van der Waals surface area contributed by atoms with Crippen LogP contribution in [0.3, 0.4) is 0 Å². The molecule has 1 saturated heterocycles. The Morgan fingerprint density at radius 1 is 1.24 bits per heavy atom. The smallest absolute Gasteiger partial charge is 0.234 e. The summed E-state index contributed by atoms with van der Waals surface area (Å²) < 4.78 is 7.25. The average molecular weight is 392 g/mol. The van der Waals surface area contributed by atoms with Crippen molar-refractivity contribution < 1.29 is 15.2 Å². The largest absolute Gasteiger partial charge is 0.508 e. The minimum atomic E-state index is 0.192. The van der Waals surface area contributed by atoms with Crippen LogP contribution in [0.4, 0.5) is 5.82 Å². The SMILES string of the molecule is CCC(=N)c1ccc(-c2ccnn2-c2cccc(O)c2)nc1[NH2+]C1CCOCC1. The number of hydrogen-bond donors (Lipinski definition) is 3. The van der Waals surface area contributed by atoms with E-state index < -0.39 is 0 Å². The number of quaternary nitrogens is 1. The molecule has 3 aromatic rings. The van der Waals surface area contributed by atoms with Crippen LogP contribution in [0.25, 0.3) is 17.1 Å². The van der Waals surface area contributed by atoms with E-state index in [0.717, 1.165) is 54.5 Å². The maximum atomic E-state index is 9.83. The molecule has 29 heavy (non-hydrogen) atoms. The number of phenolic OH excluding ortho intramolecular Hbond substituents is 1. The quantitative estimate of drug-likeness (QED) is 0.562. The lowest BCUT2D eigenvalue weighted by Gasteiger charge is -2.21. The van der Waals surface area contributed by atoms with Crippen molar-refractivity contribution >= 4 is 11.5 Å². The van der Waals surface area contributed by atoms with E-state index in [4.69, 9.17) is 15.1 Å². The number of nitrogens with two attached hydrogens (primary N) is 1. The molecule has 0 bridgehead atoms. The van der Waals surface area contributed by atoms with Gasteiger partial charge in [0.25, 0.3) is 0 Å². The highest BCUT2D eigenvalue weighted by molar-refractivity contribution is 6.01. The molecule has 1 aliphatic rings. The number of rotatable bonds is 6. The van der Waals surface area contributed by atoms with Crippen LogP contribution in [-0.2, 0) is 4.74 Å². The van der Waals surface area contributed by atoms with Crippen molar-refractivity contribution in [1.29, 1.82) is 5.41 Å². The van der Waals surface area contributed by atoms with Gasteiger partial charge in [-0.15, -0.1) is 0 Å². The van der Waals surface area contributed by atoms with Crippen molar-refractivity contribution in [3.63, 3.8) is 0 Å². The Kier molecular flexibility index (Phi) is 5.69. The molecule has 0 aliphatic carbocycles. The van der Waals surface area contributed by atoms with Crippen LogP contribution in [0.2, 0.25) is 0 Å². The molecule has 0 radical (unpaired) electrons. The molecule has 4 N–H and O–H groups in total. The lowest BCUT2D eigenvalue weighted by atomic mass is 10.1. The Labute approximate surface area is 169 Å². The van der Waals surface area contributed by atoms with Gasteiger partial charge in [-0.2, -0.15) is 10.1 Å². The second-order valence-electron chi connectivity index (χ2n) is 7.23. The van der Waals surface area contributed by atoms with E-state index in [0.29, 0.717) is 18.2 Å². The van der Waals surface area contributed by atoms with E-state index >= 15 is 0 Å². The van der Waals surface area contributed by atoms with Gasteiger partial charge in [0.1, 0.15) is 5.75 Å². The van der Waals surface area contributed by atoms with Crippen LogP contribution in [-0.4, -0.2) is 44.8 Å². The Morgan fingerprint density at radius 3 is 2.83 bits per heavy atom. The van der Waals surface area contributed by atoms with Gasteiger partial charge in [-0.1, -0.05) is 13.0 Å². The monoisotopic (exact) mass is 392 g/mol. The van der Waals surface area contributed by atoms with Crippen LogP contribution in [0.15, 0.2) is 48.7 Å². The fourth-order valence-corrected chi connectivity index (χ4v) is 3.62. The first-order valence-corrected chi connectivity index (χ1v) is 10.0. The summed E-state index contributed by atoms with van der Waals surface area (Å²) in [7, 11) is 0. The second kappa shape index (κ2) is 8.55. The number of hydrogen-bond acceptors (Lipinski definition) is 5. The fourth-order valence-electron chi connectivity index (χ4n) is 3.62. The third-order valence-electron chi connectivity index (χ3n) is 5.24. The Morgan fingerprint density at radius 2 is 2.07 bits per heavy atom. The van der Waals surface area contributed by atoms with E-state index in [-0.39, 0.29) is 5.75 Å². The van der Waals surface area contributed by atoms with Crippen molar-refractivity contribution in [2.75, 3.05) is 13.2 Å². The van der Waals surface area contributed by atoms with Gasteiger partial charge in [-0.05, 0) is 36.8 Å². The lowest BCUT2D eigenvalue weighted by Crippen LogP contribution is -2.86. The third-order valence-corrected chi connectivity index (χ3v) is 5.24. The molecule has 1 aromatic carbocycles. The molecule has 7 nitrogen and oxygen atoms in total. The maximum absolute atomic E-state index is 9.83. The fraction of sp³-hybridized carbons (Fsp3) is 0.318. The van der Waals surface area contributed by atoms with Crippen molar-refractivity contribution in [3.8, 4) is 22.8 Å². The van der Waals surface area contributed by atoms with Crippen LogP contribution in [0, 0.1) is 5.41 Å². The molecule has 150 valence electrons. The van der Waals surface area contributed by atoms with Crippen LogP contribution in [0.1, 0.15) is 31.7 Å². The summed E-state index contributed by atoms with van der Waals surface area (Å²) in [6.07, 6.45) is 4.35. The number of nitrogens with one attached hydrogen (secondary N) is 1. The molecule has 0 atom stereocenters. The Hall–Kier alpha value is -3.03. The molecule has 2 aromatic heterocycles. The van der Waals surface area contributed by atoms with Gasteiger partial charge >= 0.3 is 0 Å². The van der Waals surface area contributed by atoms with E-state index in [9.17, 15) is 5.11 Å². The Bertz CT molecular complexity index is 1010. The topological polar surface area (TPSA) is 101 Å². The first-order chi connectivity index (χ1) is 14.2. The number of aromatic hydroxyl groups is 1. The predicted octanol–water partition coefficient (Wildman–Crippen LogP) is 2.79. The molecule has 3 heterocycles. The Balaban J connectivity index is 1.73. The highest BCUT2D eigenvalue weighted by Crippen LogP contribution is 2.25. The molecular weight excluding hydrogens is 366 g/mol. The second-order valence-corrected chi connectivity index (χ2v) is 7.23. The van der Waals surface area contributed by atoms with E-state index in [1.165, 1.54) is 0 Å². The van der Waals surface area contributed by atoms with Crippen LogP contribution < -0.4 is 5.32 Å². The van der Waals surface area contributed by atoms with Crippen molar-refractivity contribution in [2.45, 2.75) is 32.2 Å². The van der Waals surface area contributed by atoms with Gasteiger partial charge in [-0.25, -0.2) is 4.68 Å². The summed E-state index contributed by atoms with van der Waals surface area (Å²) in [4.78, 5) is 4.93. The maximum Gasteiger partial charge on any atom is 0.234 e. The van der Waals surface area contributed by atoms with Gasteiger partial charge < -0.3 is 15.3 Å². The molecule has 0 saturated carbocycles.